The smallest absolute Gasteiger partial charge is 0.308 e. The topological polar surface area (TPSA) is 99.5 Å². The van der Waals surface area contributed by atoms with E-state index in [9.17, 15) is 14.4 Å². The first kappa shape index (κ1) is 23.9. The Morgan fingerprint density at radius 1 is 1.24 bits per heavy atom. The zero-order chi connectivity index (χ0) is 23.4. The molecule has 0 radical (unpaired) electrons. The standard InChI is InChI=1S/C25H37N3O5/c1-3-20-22-21(15-25(16-26-23(22)30)8-12-32-13-9-25)28(27-20)10-5-11-33-24(31)19-7-4-6-18(14-19)17(2)29/h18-19H,3-16H2,1-2H3,(H,26,30). The molecule has 2 unspecified atom stereocenters. The summed E-state index contributed by atoms with van der Waals surface area (Å²) in [5, 5.41) is 7.90. The predicted molar refractivity (Wildman–Crippen MR) is 122 cm³/mol. The summed E-state index contributed by atoms with van der Waals surface area (Å²) < 4.78 is 13.1. The van der Waals surface area contributed by atoms with Crippen molar-refractivity contribution in [1.82, 2.24) is 15.1 Å². The Balaban J connectivity index is 1.38. The van der Waals surface area contributed by atoms with Gasteiger partial charge >= 0.3 is 5.97 Å². The van der Waals surface area contributed by atoms with Gasteiger partial charge in [-0.1, -0.05) is 13.3 Å². The number of amides is 1. The second kappa shape index (κ2) is 10.4. The third-order valence-corrected chi connectivity index (χ3v) is 7.75. The van der Waals surface area contributed by atoms with Crippen LogP contribution in [-0.2, 0) is 38.4 Å². The number of fused-ring (bicyclic) bond motifs is 1. The third kappa shape index (κ3) is 5.31. The highest BCUT2D eigenvalue weighted by Gasteiger charge is 2.39. The highest BCUT2D eigenvalue weighted by molar-refractivity contribution is 5.97. The van der Waals surface area contributed by atoms with Crippen LogP contribution in [0, 0.1) is 17.3 Å². The van der Waals surface area contributed by atoms with Crippen LogP contribution < -0.4 is 5.32 Å². The molecule has 0 bridgehead atoms. The first-order chi connectivity index (χ1) is 15.9. The van der Waals surface area contributed by atoms with Crippen molar-refractivity contribution in [2.24, 2.45) is 17.3 Å². The van der Waals surface area contributed by atoms with Gasteiger partial charge in [0.25, 0.3) is 5.91 Å². The van der Waals surface area contributed by atoms with Crippen LogP contribution in [0.2, 0.25) is 0 Å². The number of esters is 1. The number of nitrogens with zero attached hydrogens (tertiary/aromatic N) is 2. The summed E-state index contributed by atoms with van der Waals surface area (Å²) in [7, 11) is 0. The van der Waals surface area contributed by atoms with Crippen LogP contribution in [0.25, 0.3) is 0 Å². The molecule has 182 valence electrons. The fraction of sp³-hybridized carbons (Fsp3) is 0.760. The van der Waals surface area contributed by atoms with Gasteiger partial charge < -0.3 is 14.8 Å². The molecule has 8 heteroatoms. The fourth-order valence-electron chi connectivity index (χ4n) is 5.64. The number of nitrogens with one attached hydrogen (secondary N) is 1. The summed E-state index contributed by atoms with van der Waals surface area (Å²) in [6.07, 6.45) is 7.21. The van der Waals surface area contributed by atoms with Gasteiger partial charge in [0.05, 0.1) is 29.5 Å². The molecule has 1 amide bonds. The van der Waals surface area contributed by atoms with Crippen LogP contribution in [0.4, 0.5) is 0 Å². The Morgan fingerprint density at radius 3 is 2.73 bits per heavy atom. The zero-order valence-corrected chi connectivity index (χ0v) is 20.0. The van der Waals surface area contributed by atoms with Crippen LogP contribution in [0.1, 0.15) is 80.5 Å². The van der Waals surface area contributed by atoms with Crippen LogP contribution >= 0.6 is 0 Å². The van der Waals surface area contributed by atoms with Gasteiger partial charge in [0, 0.05) is 38.6 Å². The minimum Gasteiger partial charge on any atom is -0.465 e. The molecule has 2 fully saturated rings. The Labute approximate surface area is 195 Å². The summed E-state index contributed by atoms with van der Waals surface area (Å²) in [5.41, 5.74) is 2.59. The molecule has 2 aliphatic heterocycles. The summed E-state index contributed by atoms with van der Waals surface area (Å²) >= 11 is 0. The van der Waals surface area contributed by atoms with Gasteiger partial charge in [0.2, 0.25) is 0 Å². The van der Waals surface area contributed by atoms with Crippen molar-refractivity contribution in [1.29, 1.82) is 0 Å². The van der Waals surface area contributed by atoms with Gasteiger partial charge in [-0.25, -0.2) is 0 Å². The van der Waals surface area contributed by atoms with Gasteiger partial charge in [0.15, 0.2) is 0 Å². The number of ketones is 1. The molecule has 1 aromatic rings. The zero-order valence-electron chi connectivity index (χ0n) is 20.0. The maximum absolute atomic E-state index is 12.9. The quantitative estimate of drug-likeness (QED) is 0.497. The van der Waals surface area contributed by atoms with E-state index in [1.165, 1.54) is 0 Å². The molecule has 33 heavy (non-hydrogen) atoms. The van der Waals surface area contributed by atoms with E-state index in [0.29, 0.717) is 39.0 Å². The van der Waals surface area contributed by atoms with E-state index < -0.39 is 0 Å². The average molecular weight is 460 g/mol. The molecule has 1 aromatic heterocycles. The molecule has 2 atom stereocenters. The van der Waals surface area contributed by atoms with Gasteiger partial charge in [-0.3, -0.25) is 19.1 Å². The van der Waals surface area contributed by atoms with Crippen molar-refractivity contribution in [3.63, 3.8) is 0 Å². The van der Waals surface area contributed by atoms with E-state index in [-0.39, 0.29) is 34.9 Å². The number of aromatic nitrogens is 2. The normalized spacial score (nSPS) is 24.6. The number of carbonyl (C=O) groups is 3. The molecule has 8 nitrogen and oxygen atoms in total. The van der Waals surface area contributed by atoms with Gasteiger partial charge in [-0.15, -0.1) is 0 Å². The number of carbonyl (C=O) groups excluding carboxylic acids is 3. The number of aryl methyl sites for hydroxylation is 2. The molecule has 4 rings (SSSR count). The van der Waals surface area contributed by atoms with Crippen molar-refractivity contribution < 1.29 is 23.9 Å². The van der Waals surface area contributed by atoms with E-state index in [0.717, 1.165) is 68.7 Å². The van der Waals surface area contributed by atoms with E-state index in [1.54, 1.807) is 6.92 Å². The lowest BCUT2D eigenvalue weighted by Gasteiger charge is -2.36. The van der Waals surface area contributed by atoms with Crippen molar-refractivity contribution in [3.05, 3.63) is 17.0 Å². The van der Waals surface area contributed by atoms with Crippen LogP contribution in [0.15, 0.2) is 0 Å². The number of ether oxygens (including phenoxy) is 2. The van der Waals surface area contributed by atoms with Crippen molar-refractivity contribution in [3.8, 4) is 0 Å². The Bertz CT molecular complexity index is 887. The van der Waals surface area contributed by atoms with E-state index in [4.69, 9.17) is 14.6 Å². The first-order valence-corrected chi connectivity index (χ1v) is 12.5. The maximum Gasteiger partial charge on any atom is 0.308 e. The Morgan fingerprint density at radius 2 is 2.00 bits per heavy atom. The molecular formula is C25H37N3O5. The van der Waals surface area contributed by atoms with Crippen LogP contribution in [0.5, 0.6) is 0 Å². The molecular weight excluding hydrogens is 422 g/mol. The van der Waals surface area contributed by atoms with Crippen LogP contribution in [0.3, 0.4) is 0 Å². The van der Waals surface area contributed by atoms with E-state index >= 15 is 0 Å². The van der Waals surface area contributed by atoms with Crippen molar-refractivity contribution >= 4 is 17.7 Å². The predicted octanol–water partition coefficient (Wildman–Crippen LogP) is 2.86. The lowest BCUT2D eigenvalue weighted by atomic mass is 9.76. The summed E-state index contributed by atoms with van der Waals surface area (Å²) in [6, 6.07) is 0. The van der Waals surface area contributed by atoms with Gasteiger partial charge in [-0.05, 0) is 57.3 Å². The highest BCUT2D eigenvalue weighted by Crippen LogP contribution is 2.37. The largest absolute Gasteiger partial charge is 0.465 e. The molecule has 1 saturated carbocycles. The van der Waals surface area contributed by atoms with E-state index in [2.05, 4.69) is 5.32 Å². The molecule has 0 aromatic carbocycles. The lowest BCUT2D eigenvalue weighted by molar-refractivity contribution is -0.150. The monoisotopic (exact) mass is 459 g/mol. The number of hydrogen-bond acceptors (Lipinski definition) is 6. The SMILES string of the molecule is CCc1nn(CCCOC(=O)C2CCCC(C(C)=O)C2)c2c1C(=O)NCC1(CCOCC1)C2. The van der Waals surface area contributed by atoms with Crippen molar-refractivity contribution in [2.75, 3.05) is 26.4 Å². The van der Waals surface area contributed by atoms with Gasteiger partial charge in [-0.2, -0.15) is 5.10 Å². The minimum atomic E-state index is -0.185. The van der Waals surface area contributed by atoms with E-state index in [1.807, 2.05) is 11.6 Å². The third-order valence-electron chi connectivity index (χ3n) is 7.75. The number of Topliss-reactive ketones (excluding diaryl/α,β-unsaturated/α-hetero) is 1. The summed E-state index contributed by atoms with van der Waals surface area (Å²) in [6.45, 7) is 6.68. The summed E-state index contributed by atoms with van der Waals surface area (Å²) in [4.78, 5) is 37.1. The fourth-order valence-corrected chi connectivity index (χ4v) is 5.64. The number of rotatable bonds is 7. The molecule has 1 N–H and O–H groups in total. The maximum atomic E-state index is 12.9. The first-order valence-electron chi connectivity index (χ1n) is 12.5. The van der Waals surface area contributed by atoms with Crippen LogP contribution in [-0.4, -0.2) is 53.8 Å². The molecule has 3 heterocycles. The Hall–Kier alpha value is -2.22. The number of hydrogen-bond donors (Lipinski definition) is 1. The molecule has 3 aliphatic rings. The molecule has 1 spiro atoms. The molecule has 1 saturated heterocycles. The Kier molecular flexibility index (Phi) is 7.51. The van der Waals surface area contributed by atoms with Crippen molar-refractivity contribution in [2.45, 2.75) is 78.2 Å². The minimum absolute atomic E-state index is 0.00745. The molecule has 1 aliphatic carbocycles. The highest BCUT2D eigenvalue weighted by atomic mass is 16.5. The second-order valence-corrected chi connectivity index (χ2v) is 10.0. The lowest BCUT2D eigenvalue weighted by Crippen LogP contribution is -2.40. The second-order valence-electron chi connectivity index (χ2n) is 10.0. The average Bonchev–Trinajstić information content (AvgIpc) is 3.10. The summed E-state index contributed by atoms with van der Waals surface area (Å²) in [5.74, 6) is -0.218. The van der Waals surface area contributed by atoms with Gasteiger partial charge in [0.1, 0.15) is 5.78 Å².